The lowest BCUT2D eigenvalue weighted by atomic mass is 10.0. The van der Waals surface area contributed by atoms with E-state index in [1.807, 2.05) is 6.92 Å². The molecule has 0 saturated carbocycles. The van der Waals surface area contributed by atoms with Crippen molar-refractivity contribution in [3.63, 3.8) is 0 Å². The predicted molar refractivity (Wildman–Crippen MR) is 75.8 cm³/mol. The molecule has 1 aromatic carbocycles. The summed E-state index contributed by atoms with van der Waals surface area (Å²) in [6.45, 7) is 6.18. The van der Waals surface area contributed by atoms with Crippen molar-refractivity contribution in [2.45, 2.75) is 64.6 Å². The lowest BCUT2D eigenvalue weighted by Crippen LogP contribution is -2.31. The molecule has 1 aromatic rings. The van der Waals surface area contributed by atoms with Gasteiger partial charge in [0.2, 0.25) is 0 Å². The minimum absolute atomic E-state index is 0.236. The van der Waals surface area contributed by atoms with Gasteiger partial charge >= 0.3 is 0 Å². The third-order valence-corrected chi connectivity index (χ3v) is 3.85. The van der Waals surface area contributed by atoms with Gasteiger partial charge in [0, 0.05) is 12.1 Å². The van der Waals surface area contributed by atoms with Gasteiger partial charge in [0.15, 0.2) is 0 Å². The minimum Gasteiger partial charge on any atom is -0.393 e. The van der Waals surface area contributed by atoms with Crippen LogP contribution in [0.2, 0.25) is 0 Å². The van der Waals surface area contributed by atoms with Crippen LogP contribution >= 0.6 is 0 Å². The molecule has 0 aromatic heterocycles. The number of aliphatic hydroxyl groups excluding tert-OH is 1. The molecule has 100 valence electrons. The fraction of sp³-hybridized carbons (Fsp3) is 0.625. The Kier molecular flexibility index (Phi) is 4.41. The largest absolute Gasteiger partial charge is 0.393 e. The van der Waals surface area contributed by atoms with Gasteiger partial charge in [0.25, 0.3) is 0 Å². The van der Waals surface area contributed by atoms with Crippen molar-refractivity contribution < 1.29 is 5.11 Å². The Morgan fingerprint density at radius 1 is 1.17 bits per heavy atom. The van der Waals surface area contributed by atoms with Crippen molar-refractivity contribution in [2.24, 2.45) is 0 Å². The van der Waals surface area contributed by atoms with Crippen LogP contribution in [0.15, 0.2) is 18.2 Å². The quantitative estimate of drug-likeness (QED) is 0.838. The van der Waals surface area contributed by atoms with E-state index in [0.29, 0.717) is 12.1 Å². The van der Waals surface area contributed by atoms with Gasteiger partial charge in [0.1, 0.15) is 0 Å². The van der Waals surface area contributed by atoms with Crippen LogP contribution in [0.1, 0.15) is 56.3 Å². The van der Waals surface area contributed by atoms with Gasteiger partial charge in [-0.3, -0.25) is 0 Å². The van der Waals surface area contributed by atoms with Gasteiger partial charge in [-0.05, 0) is 63.1 Å². The molecule has 3 unspecified atom stereocenters. The number of fused-ring (bicyclic) bond motifs is 1. The number of aryl methyl sites for hydroxylation is 2. The fourth-order valence-corrected chi connectivity index (χ4v) is 2.96. The summed E-state index contributed by atoms with van der Waals surface area (Å²) in [7, 11) is 0. The third kappa shape index (κ3) is 3.33. The molecule has 3 atom stereocenters. The standard InChI is InChI=1S/C16H25NO/c1-11(9-12(2)18)17-13(3)15-8-7-14-5-4-6-16(14)10-15/h7-8,10-13,17-18H,4-6,9H2,1-3H3. The van der Waals surface area contributed by atoms with Crippen molar-refractivity contribution in [1.29, 1.82) is 0 Å². The molecule has 2 N–H and O–H groups in total. The molecular formula is C16H25NO. The summed E-state index contributed by atoms with van der Waals surface area (Å²) in [5, 5.41) is 13.0. The highest BCUT2D eigenvalue weighted by Crippen LogP contribution is 2.25. The van der Waals surface area contributed by atoms with Crippen molar-refractivity contribution in [3.05, 3.63) is 34.9 Å². The zero-order chi connectivity index (χ0) is 13.1. The Labute approximate surface area is 110 Å². The van der Waals surface area contributed by atoms with E-state index in [1.165, 1.54) is 36.0 Å². The Balaban J connectivity index is 1.98. The van der Waals surface area contributed by atoms with Crippen molar-refractivity contribution in [1.82, 2.24) is 5.32 Å². The number of hydrogen-bond acceptors (Lipinski definition) is 2. The fourth-order valence-electron chi connectivity index (χ4n) is 2.96. The van der Waals surface area contributed by atoms with Crippen LogP contribution in [-0.2, 0) is 12.8 Å². The van der Waals surface area contributed by atoms with Crippen LogP contribution in [0.4, 0.5) is 0 Å². The van der Waals surface area contributed by atoms with E-state index in [0.717, 1.165) is 6.42 Å². The average molecular weight is 247 g/mol. The summed E-state index contributed by atoms with van der Waals surface area (Å²) in [6.07, 6.45) is 4.35. The molecule has 0 fully saturated rings. The van der Waals surface area contributed by atoms with E-state index < -0.39 is 0 Å². The number of nitrogens with one attached hydrogen (secondary N) is 1. The molecular weight excluding hydrogens is 222 g/mol. The number of aliphatic hydroxyl groups is 1. The number of rotatable bonds is 5. The average Bonchev–Trinajstić information content (AvgIpc) is 2.74. The van der Waals surface area contributed by atoms with Crippen molar-refractivity contribution in [3.8, 4) is 0 Å². The van der Waals surface area contributed by atoms with Gasteiger partial charge < -0.3 is 10.4 Å². The molecule has 2 rings (SSSR count). The molecule has 0 amide bonds. The van der Waals surface area contributed by atoms with Gasteiger partial charge in [-0.25, -0.2) is 0 Å². The summed E-state index contributed by atoms with van der Waals surface area (Å²) in [5.41, 5.74) is 4.43. The Bertz CT molecular complexity index is 400. The smallest absolute Gasteiger partial charge is 0.0526 e. The summed E-state index contributed by atoms with van der Waals surface area (Å²) in [4.78, 5) is 0. The SMILES string of the molecule is CC(O)CC(C)NC(C)c1ccc2c(c1)CCC2. The number of benzene rings is 1. The maximum atomic E-state index is 9.39. The molecule has 2 heteroatoms. The molecule has 0 heterocycles. The van der Waals surface area contributed by atoms with Crippen molar-refractivity contribution >= 4 is 0 Å². The first-order chi connectivity index (χ1) is 8.56. The second-order valence-corrected chi connectivity index (χ2v) is 5.76. The first kappa shape index (κ1) is 13.6. The van der Waals surface area contributed by atoms with Crippen LogP contribution in [0.5, 0.6) is 0 Å². The molecule has 1 aliphatic carbocycles. The topological polar surface area (TPSA) is 32.3 Å². The van der Waals surface area contributed by atoms with Gasteiger partial charge in [-0.15, -0.1) is 0 Å². The van der Waals surface area contributed by atoms with Gasteiger partial charge in [-0.1, -0.05) is 18.2 Å². The normalized spacial score (nSPS) is 19.3. The second-order valence-electron chi connectivity index (χ2n) is 5.76. The highest BCUT2D eigenvalue weighted by Gasteiger charge is 2.15. The highest BCUT2D eigenvalue weighted by molar-refractivity contribution is 5.36. The van der Waals surface area contributed by atoms with Gasteiger partial charge in [-0.2, -0.15) is 0 Å². The molecule has 0 saturated heterocycles. The predicted octanol–water partition coefficient (Wildman–Crippen LogP) is 2.99. The highest BCUT2D eigenvalue weighted by atomic mass is 16.3. The maximum Gasteiger partial charge on any atom is 0.0526 e. The monoisotopic (exact) mass is 247 g/mol. The maximum absolute atomic E-state index is 9.39. The van der Waals surface area contributed by atoms with Crippen LogP contribution < -0.4 is 5.32 Å². The number of hydrogen-bond donors (Lipinski definition) is 2. The summed E-state index contributed by atoms with van der Waals surface area (Å²) in [5.74, 6) is 0. The van der Waals surface area contributed by atoms with Crippen LogP contribution in [0.25, 0.3) is 0 Å². The summed E-state index contributed by atoms with van der Waals surface area (Å²) < 4.78 is 0. The zero-order valence-corrected chi connectivity index (χ0v) is 11.7. The van der Waals surface area contributed by atoms with Crippen molar-refractivity contribution in [2.75, 3.05) is 0 Å². The Hall–Kier alpha value is -0.860. The Morgan fingerprint density at radius 2 is 1.89 bits per heavy atom. The van der Waals surface area contributed by atoms with E-state index in [1.54, 1.807) is 0 Å². The molecule has 2 nitrogen and oxygen atoms in total. The van der Waals surface area contributed by atoms with E-state index in [9.17, 15) is 5.11 Å². The molecule has 0 radical (unpaired) electrons. The first-order valence-corrected chi connectivity index (χ1v) is 7.12. The lowest BCUT2D eigenvalue weighted by molar-refractivity contribution is 0.168. The Morgan fingerprint density at radius 3 is 2.61 bits per heavy atom. The van der Waals surface area contributed by atoms with E-state index in [4.69, 9.17) is 0 Å². The van der Waals surface area contributed by atoms with Gasteiger partial charge in [0.05, 0.1) is 6.10 Å². The molecule has 18 heavy (non-hydrogen) atoms. The molecule has 0 spiro atoms. The summed E-state index contributed by atoms with van der Waals surface area (Å²) in [6, 6.07) is 7.58. The lowest BCUT2D eigenvalue weighted by Gasteiger charge is -2.22. The third-order valence-electron chi connectivity index (χ3n) is 3.85. The second kappa shape index (κ2) is 5.85. The van der Waals surface area contributed by atoms with Crippen LogP contribution in [-0.4, -0.2) is 17.3 Å². The molecule has 1 aliphatic rings. The van der Waals surface area contributed by atoms with E-state index >= 15 is 0 Å². The van der Waals surface area contributed by atoms with E-state index in [-0.39, 0.29) is 6.10 Å². The zero-order valence-electron chi connectivity index (χ0n) is 11.7. The molecule has 0 bridgehead atoms. The molecule has 0 aliphatic heterocycles. The minimum atomic E-state index is -0.236. The summed E-state index contributed by atoms with van der Waals surface area (Å²) >= 11 is 0. The first-order valence-electron chi connectivity index (χ1n) is 7.12. The van der Waals surface area contributed by atoms with Crippen LogP contribution in [0, 0.1) is 0 Å². The van der Waals surface area contributed by atoms with Crippen LogP contribution in [0.3, 0.4) is 0 Å². The van der Waals surface area contributed by atoms with E-state index in [2.05, 4.69) is 37.4 Å².